The molecule has 0 fully saturated rings. The van der Waals surface area contributed by atoms with Crippen LogP contribution in [-0.4, -0.2) is 33.1 Å². The molecule has 26 heavy (non-hydrogen) atoms. The summed E-state index contributed by atoms with van der Waals surface area (Å²) in [6.45, 7) is 1.58. The zero-order valence-corrected chi connectivity index (χ0v) is 15.1. The molecular weight excluding hydrogens is 386 g/mol. The molecule has 12 heteroatoms. The summed E-state index contributed by atoms with van der Waals surface area (Å²) in [5.41, 5.74) is 9.62. The van der Waals surface area contributed by atoms with Gasteiger partial charge in [-0.2, -0.15) is 22.6 Å². The van der Waals surface area contributed by atoms with Gasteiger partial charge in [0.1, 0.15) is 22.0 Å². The van der Waals surface area contributed by atoms with E-state index >= 15 is 0 Å². The Balaban J connectivity index is 2.65. The standard InChI is InChI=1S/C14H13N3O7S2/c1-8-5-11(13(24-2)7-10(8)15)16-17-12-6-9(25(18,19)20)3-4-14(12)26(21,22)23/h3-7H,1-2H3,(H,18,19,20)(H,21,22,23). The molecule has 0 saturated heterocycles. The molecule has 0 saturated carbocycles. The zero-order valence-electron chi connectivity index (χ0n) is 13.5. The quantitative estimate of drug-likeness (QED) is 0.576. The van der Waals surface area contributed by atoms with Crippen molar-refractivity contribution < 1.29 is 30.7 Å². The molecule has 0 aromatic heterocycles. The van der Waals surface area contributed by atoms with E-state index < -0.39 is 35.7 Å². The van der Waals surface area contributed by atoms with Crippen molar-refractivity contribution in [3.63, 3.8) is 0 Å². The van der Waals surface area contributed by atoms with Crippen LogP contribution in [0.3, 0.4) is 0 Å². The number of rotatable bonds is 5. The van der Waals surface area contributed by atoms with E-state index in [-0.39, 0.29) is 17.1 Å². The summed E-state index contributed by atoms with van der Waals surface area (Å²) in [5.74, 6) is 0.121. The van der Waals surface area contributed by atoms with Crippen LogP contribution in [0.4, 0.5) is 17.1 Å². The highest BCUT2D eigenvalue weighted by atomic mass is 32.2. The van der Waals surface area contributed by atoms with Crippen LogP contribution in [0.2, 0.25) is 0 Å². The molecule has 0 heterocycles. The molecular formula is C14H13N3O7S2. The maximum Gasteiger partial charge on any atom is 0.296 e. The third kappa shape index (κ3) is 4.35. The lowest BCUT2D eigenvalue weighted by Gasteiger charge is -2.07. The molecule has 138 valence electrons. The van der Waals surface area contributed by atoms with E-state index in [0.29, 0.717) is 5.56 Å². The maximum absolute atomic E-state index is 11.4. The smallest absolute Gasteiger partial charge is 0.296 e. The van der Waals surface area contributed by atoms with Gasteiger partial charge in [0, 0.05) is 6.07 Å². The number of ether oxygens (including phenoxy) is 1. The van der Waals surface area contributed by atoms with E-state index in [1.165, 1.54) is 19.2 Å². The SMILES string of the molecule is COc1cc([N])c(C)cc1N=Nc1cc(S(=O)(=O)O)ccc1S(=O)(=O)O. The number of hydrogen-bond donors (Lipinski definition) is 2. The second kappa shape index (κ2) is 6.99. The topological polar surface area (TPSA) is 165 Å². The average molecular weight is 399 g/mol. The number of azo groups is 1. The highest BCUT2D eigenvalue weighted by Crippen LogP contribution is 2.35. The van der Waals surface area contributed by atoms with Gasteiger partial charge in [-0.15, -0.1) is 10.2 Å². The van der Waals surface area contributed by atoms with Crippen molar-refractivity contribution in [3.8, 4) is 5.75 Å². The molecule has 0 unspecified atom stereocenters. The minimum atomic E-state index is -4.73. The predicted octanol–water partition coefficient (Wildman–Crippen LogP) is 2.61. The van der Waals surface area contributed by atoms with Gasteiger partial charge >= 0.3 is 0 Å². The second-order valence-corrected chi connectivity index (χ2v) is 7.90. The highest BCUT2D eigenvalue weighted by Gasteiger charge is 2.20. The van der Waals surface area contributed by atoms with Crippen LogP contribution < -0.4 is 10.5 Å². The van der Waals surface area contributed by atoms with E-state index in [2.05, 4.69) is 10.2 Å². The van der Waals surface area contributed by atoms with Crippen LogP contribution >= 0.6 is 0 Å². The number of nitrogens with zero attached hydrogens (tertiary/aromatic N) is 3. The summed E-state index contributed by atoms with van der Waals surface area (Å²) in [7, 11) is -8.05. The molecule has 0 aliphatic carbocycles. The van der Waals surface area contributed by atoms with Gasteiger partial charge in [0.15, 0.2) is 0 Å². The Kier molecular flexibility index (Phi) is 5.32. The maximum atomic E-state index is 11.4. The van der Waals surface area contributed by atoms with Crippen molar-refractivity contribution in [1.29, 1.82) is 0 Å². The second-order valence-electron chi connectivity index (χ2n) is 5.09. The first-order chi connectivity index (χ1) is 11.9. The molecule has 2 aromatic rings. The first-order valence-electron chi connectivity index (χ1n) is 6.82. The predicted molar refractivity (Wildman–Crippen MR) is 89.8 cm³/mol. The molecule has 2 rings (SSSR count). The lowest BCUT2D eigenvalue weighted by molar-refractivity contribution is 0.416. The van der Waals surface area contributed by atoms with Gasteiger partial charge in [-0.3, -0.25) is 9.11 Å². The van der Waals surface area contributed by atoms with Crippen molar-refractivity contribution >= 4 is 37.3 Å². The normalized spacial score (nSPS) is 12.5. The summed E-state index contributed by atoms with van der Waals surface area (Å²) in [4.78, 5) is -1.34. The fraction of sp³-hybridized carbons (Fsp3) is 0.143. The Morgan fingerprint density at radius 2 is 1.58 bits per heavy atom. The Morgan fingerprint density at radius 1 is 0.962 bits per heavy atom. The van der Waals surface area contributed by atoms with Crippen molar-refractivity contribution in [2.75, 3.05) is 7.11 Å². The molecule has 0 amide bonds. The Hall–Kier alpha value is -2.54. The zero-order chi connectivity index (χ0) is 19.7. The van der Waals surface area contributed by atoms with Crippen molar-refractivity contribution in [1.82, 2.24) is 5.73 Å². The number of methoxy groups -OCH3 is 1. The van der Waals surface area contributed by atoms with E-state index in [9.17, 15) is 27.1 Å². The van der Waals surface area contributed by atoms with E-state index in [4.69, 9.17) is 9.29 Å². The van der Waals surface area contributed by atoms with Gasteiger partial charge < -0.3 is 4.74 Å². The van der Waals surface area contributed by atoms with Crippen LogP contribution in [0.15, 0.2) is 50.4 Å². The van der Waals surface area contributed by atoms with Gasteiger partial charge in [0.05, 0.1) is 17.7 Å². The highest BCUT2D eigenvalue weighted by molar-refractivity contribution is 7.86. The minimum absolute atomic E-state index is 0.0622. The average Bonchev–Trinajstić information content (AvgIpc) is 2.53. The molecule has 10 nitrogen and oxygen atoms in total. The van der Waals surface area contributed by atoms with Gasteiger partial charge in [0.2, 0.25) is 0 Å². The minimum Gasteiger partial charge on any atom is -0.494 e. The van der Waals surface area contributed by atoms with Crippen molar-refractivity contribution in [2.24, 2.45) is 10.2 Å². The molecule has 0 spiro atoms. The lowest BCUT2D eigenvalue weighted by atomic mass is 10.1. The summed E-state index contributed by atoms with van der Waals surface area (Å²) < 4.78 is 68.7. The third-order valence-electron chi connectivity index (χ3n) is 3.27. The van der Waals surface area contributed by atoms with Crippen LogP contribution in [0.1, 0.15) is 5.56 Å². The fourth-order valence-electron chi connectivity index (χ4n) is 1.97. The van der Waals surface area contributed by atoms with Gasteiger partial charge in [-0.25, -0.2) is 0 Å². The summed E-state index contributed by atoms with van der Waals surface area (Å²) in [6.07, 6.45) is 0. The van der Waals surface area contributed by atoms with Crippen molar-refractivity contribution in [3.05, 3.63) is 35.9 Å². The van der Waals surface area contributed by atoms with Gasteiger partial charge in [0.25, 0.3) is 20.2 Å². The van der Waals surface area contributed by atoms with Crippen molar-refractivity contribution in [2.45, 2.75) is 16.7 Å². The van der Waals surface area contributed by atoms with E-state index in [0.717, 1.165) is 18.2 Å². The van der Waals surface area contributed by atoms with Gasteiger partial charge in [-0.1, -0.05) is 0 Å². The third-order valence-corrected chi connectivity index (χ3v) is 5.02. The molecule has 0 atom stereocenters. The van der Waals surface area contributed by atoms with Gasteiger partial charge in [-0.05, 0) is 36.8 Å². The molecule has 2 radical (unpaired) electrons. The fourth-order valence-corrected chi connectivity index (χ4v) is 3.07. The number of benzene rings is 2. The van der Waals surface area contributed by atoms with Crippen LogP contribution in [0, 0.1) is 6.92 Å². The Morgan fingerprint density at radius 3 is 2.12 bits per heavy atom. The molecule has 0 aliphatic rings. The summed E-state index contributed by atoms with van der Waals surface area (Å²) in [6, 6.07) is 4.97. The number of hydrogen-bond acceptors (Lipinski definition) is 7. The molecule has 0 aliphatic heterocycles. The first-order valence-corrected chi connectivity index (χ1v) is 9.70. The van der Waals surface area contributed by atoms with E-state index in [1.807, 2.05) is 0 Å². The van der Waals surface area contributed by atoms with E-state index in [1.54, 1.807) is 6.92 Å². The largest absolute Gasteiger partial charge is 0.494 e. The molecule has 0 bridgehead atoms. The molecule has 2 N–H and O–H groups in total. The lowest BCUT2D eigenvalue weighted by Crippen LogP contribution is -2.02. The van der Waals surface area contributed by atoms with Crippen LogP contribution in [0.5, 0.6) is 5.75 Å². The molecule has 2 aromatic carbocycles. The number of aryl methyl sites for hydroxylation is 1. The monoisotopic (exact) mass is 399 g/mol. The van der Waals surface area contributed by atoms with Crippen LogP contribution in [0.25, 0.3) is 0 Å². The Labute approximate surface area is 149 Å². The summed E-state index contributed by atoms with van der Waals surface area (Å²) in [5, 5.41) is 7.43. The first kappa shape index (κ1) is 19.8. The Bertz CT molecular complexity index is 1090. The van der Waals surface area contributed by atoms with Crippen LogP contribution in [-0.2, 0) is 20.2 Å². The summed E-state index contributed by atoms with van der Waals surface area (Å²) >= 11 is 0.